The first kappa shape index (κ1) is 19.1. The number of amides is 1. The van der Waals surface area contributed by atoms with Gasteiger partial charge in [-0.3, -0.25) is 4.79 Å². The Morgan fingerprint density at radius 3 is 2.52 bits per heavy atom. The van der Waals surface area contributed by atoms with Crippen molar-refractivity contribution in [1.29, 1.82) is 0 Å². The number of benzene rings is 1. The number of carbonyl (C=O) groups is 2. The summed E-state index contributed by atoms with van der Waals surface area (Å²) in [6.07, 6.45) is -4.10. The number of carboxylic acid groups (broad SMARTS) is 1. The third-order valence-corrected chi connectivity index (χ3v) is 3.82. The van der Waals surface area contributed by atoms with Gasteiger partial charge in [0.05, 0.1) is 0 Å². The van der Waals surface area contributed by atoms with Gasteiger partial charge in [0.1, 0.15) is 5.69 Å². The molecule has 2 aromatic rings. The fraction of sp³-hybridized carbons (Fsp3) is 0.333. The standard InChI is InChI=1S/C13H14ClN3O.C2HF3O2/c14-10-2-1-3-11-9(10)6-12(17-11)13(18)16-8-4-5-15-7-8;3-2(4,5)1(6)7/h1-3,6,8,15,17H,4-5,7H2,(H,16,18);(H,6,7)/t8-;/m0./s1. The molecule has 0 bridgehead atoms. The second kappa shape index (κ2) is 7.75. The Balaban J connectivity index is 0.000000277. The minimum absolute atomic E-state index is 0.0732. The van der Waals surface area contributed by atoms with E-state index in [4.69, 9.17) is 21.5 Å². The van der Waals surface area contributed by atoms with Crippen LogP contribution in [-0.2, 0) is 4.79 Å². The van der Waals surface area contributed by atoms with E-state index < -0.39 is 12.1 Å². The normalized spacial score (nSPS) is 17.0. The molecular weight excluding hydrogens is 363 g/mol. The first-order valence-electron chi connectivity index (χ1n) is 7.27. The Bertz CT molecular complexity index is 770. The summed E-state index contributed by atoms with van der Waals surface area (Å²) in [5, 5.41) is 14.9. The van der Waals surface area contributed by atoms with Crippen molar-refractivity contribution >= 4 is 34.4 Å². The van der Waals surface area contributed by atoms with Crippen LogP contribution >= 0.6 is 11.6 Å². The van der Waals surface area contributed by atoms with Gasteiger partial charge in [-0.2, -0.15) is 13.2 Å². The fourth-order valence-corrected chi connectivity index (χ4v) is 2.51. The average molecular weight is 378 g/mol. The molecule has 0 saturated carbocycles. The lowest BCUT2D eigenvalue weighted by Crippen LogP contribution is -2.36. The van der Waals surface area contributed by atoms with Crippen molar-refractivity contribution in [3.63, 3.8) is 0 Å². The zero-order valence-corrected chi connectivity index (χ0v) is 13.5. The van der Waals surface area contributed by atoms with Crippen LogP contribution in [-0.4, -0.2) is 47.3 Å². The molecule has 4 N–H and O–H groups in total. The molecule has 0 spiro atoms. The molecule has 1 aromatic heterocycles. The number of fused-ring (bicyclic) bond motifs is 1. The van der Waals surface area contributed by atoms with E-state index >= 15 is 0 Å². The summed E-state index contributed by atoms with van der Waals surface area (Å²) in [7, 11) is 0. The van der Waals surface area contributed by atoms with Crippen molar-refractivity contribution in [1.82, 2.24) is 15.6 Å². The van der Waals surface area contributed by atoms with Crippen LogP contribution in [0.2, 0.25) is 5.02 Å². The van der Waals surface area contributed by atoms with Crippen LogP contribution in [0.3, 0.4) is 0 Å². The van der Waals surface area contributed by atoms with Gasteiger partial charge in [-0.05, 0) is 31.2 Å². The van der Waals surface area contributed by atoms with E-state index in [0.717, 1.165) is 30.4 Å². The number of alkyl halides is 3. The quantitative estimate of drug-likeness (QED) is 0.647. The van der Waals surface area contributed by atoms with Gasteiger partial charge in [-0.25, -0.2) is 4.79 Å². The SMILES string of the molecule is O=C(N[C@H]1CCNC1)c1cc2c(Cl)cccc2[nH]1.O=C(O)C(F)(F)F. The van der Waals surface area contributed by atoms with Gasteiger partial charge in [0.15, 0.2) is 0 Å². The van der Waals surface area contributed by atoms with Crippen LogP contribution in [0.4, 0.5) is 13.2 Å². The smallest absolute Gasteiger partial charge is 0.475 e. The lowest BCUT2D eigenvalue weighted by atomic mass is 10.2. The van der Waals surface area contributed by atoms with E-state index in [1.807, 2.05) is 18.2 Å². The van der Waals surface area contributed by atoms with E-state index in [2.05, 4.69) is 15.6 Å². The third kappa shape index (κ3) is 5.10. The number of aliphatic carboxylic acids is 1. The molecule has 3 rings (SSSR count). The van der Waals surface area contributed by atoms with Gasteiger partial charge in [-0.1, -0.05) is 17.7 Å². The molecule has 10 heteroatoms. The van der Waals surface area contributed by atoms with E-state index in [-0.39, 0.29) is 11.9 Å². The number of aromatic nitrogens is 1. The monoisotopic (exact) mass is 377 g/mol. The number of aromatic amines is 1. The van der Waals surface area contributed by atoms with Crippen molar-refractivity contribution in [2.75, 3.05) is 13.1 Å². The summed E-state index contributed by atoms with van der Waals surface area (Å²) in [5.41, 5.74) is 1.45. The molecule has 1 amide bonds. The zero-order valence-electron chi connectivity index (χ0n) is 12.8. The predicted octanol–water partition coefficient (Wildman–Crippen LogP) is 2.55. The molecule has 0 radical (unpaired) electrons. The number of halogens is 4. The van der Waals surface area contributed by atoms with Crippen LogP contribution in [0.15, 0.2) is 24.3 Å². The largest absolute Gasteiger partial charge is 0.490 e. The molecule has 6 nitrogen and oxygen atoms in total. The Morgan fingerprint density at radius 2 is 2.00 bits per heavy atom. The number of rotatable bonds is 2. The summed E-state index contributed by atoms with van der Waals surface area (Å²) < 4.78 is 31.7. The second-order valence-corrected chi connectivity index (χ2v) is 5.76. The van der Waals surface area contributed by atoms with Crippen molar-refractivity contribution in [2.45, 2.75) is 18.6 Å². The third-order valence-electron chi connectivity index (χ3n) is 3.49. The van der Waals surface area contributed by atoms with Gasteiger partial charge in [0.2, 0.25) is 0 Å². The van der Waals surface area contributed by atoms with Gasteiger partial charge in [0.25, 0.3) is 5.91 Å². The van der Waals surface area contributed by atoms with Gasteiger partial charge in [0, 0.05) is 28.5 Å². The lowest BCUT2D eigenvalue weighted by Gasteiger charge is -2.09. The van der Waals surface area contributed by atoms with Crippen molar-refractivity contribution in [3.05, 3.63) is 35.0 Å². The molecule has 0 aliphatic carbocycles. The summed E-state index contributed by atoms with van der Waals surface area (Å²) in [5.74, 6) is -2.83. The maximum Gasteiger partial charge on any atom is 0.490 e. The average Bonchev–Trinajstić information content (AvgIpc) is 3.16. The van der Waals surface area contributed by atoms with E-state index in [9.17, 15) is 18.0 Å². The topological polar surface area (TPSA) is 94.2 Å². The minimum Gasteiger partial charge on any atom is -0.475 e. The Morgan fingerprint density at radius 1 is 1.32 bits per heavy atom. The summed E-state index contributed by atoms with van der Waals surface area (Å²) in [6, 6.07) is 7.62. The number of H-pyrrole nitrogens is 1. The van der Waals surface area contributed by atoms with Crippen LogP contribution in [0, 0.1) is 0 Å². The molecule has 25 heavy (non-hydrogen) atoms. The van der Waals surface area contributed by atoms with Crippen molar-refractivity contribution in [3.8, 4) is 0 Å². The highest BCUT2D eigenvalue weighted by molar-refractivity contribution is 6.35. The van der Waals surface area contributed by atoms with Crippen LogP contribution < -0.4 is 10.6 Å². The first-order valence-corrected chi connectivity index (χ1v) is 7.65. The summed E-state index contributed by atoms with van der Waals surface area (Å²) >= 11 is 6.08. The molecule has 2 heterocycles. The second-order valence-electron chi connectivity index (χ2n) is 5.35. The van der Waals surface area contributed by atoms with E-state index in [1.54, 1.807) is 6.07 Å². The maximum atomic E-state index is 12.1. The molecule has 1 aromatic carbocycles. The molecular formula is C15H15ClF3N3O3. The molecule has 1 aliphatic rings. The lowest BCUT2D eigenvalue weighted by molar-refractivity contribution is -0.192. The molecule has 1 saturated heterocycles. The molecule has 1 fully saturated rings. The number of hydrogen-bond acceptors (Lipinski definition) is 3. The van der Waals surface area contributed by atoms with E-state index in [1.165, 1.54) is 0 Å². The zero-order chi connectivity index (χ0) is 18.6. The Kier molecular flexibility index (Phi) is 5.91. The highest BCUT2D eigenvalue weighted by Crippen LogP contribution is 2.24. The molecule has 0 unspecified atom stereocenters. The summed E-state index contributed by atoms with van der Waals surface area (Å²) in [6.45, 7) is 1.80. The highest BCUT2D eigenvalue weighted by atomic mass is 35.5. The Hall–Kier alpha value is -2.26. The van der Waals surface area contributed by atoms with Crippen molar-refractivity contribution in [2.24, 2.45) is 0 Å². The molecule has 1 atom stereocenters. The van der Waals surface area contributed by atoms with Gasteiger partial charge in [-0.15, -0.1) is 0 Å². The van der Waals surface area contributed by atoms with Crippen LogP contribution in [0.5, 0.6) is 0 Å². The minimum atomic E-state index is -5.08. The van der Waals surface area contributed by atoms with Crippen molar-refractivity contribution < 1.29 is 27.9 Å². The fourth-order valence-electron chi connectivity index (χ4n) is 2.28. The predicted molar refractivity (Wildman–Crippen MR) is 85.7 cm³/mol. The Labute approximate surface area is 145 Å². The first-order chi connectivity index (χ1) is 11.7. The number of carbonyl (C=O) groups excluding carboxylic acids is 1. The summed E-state index contributed by atoms with van der Waals surface area (Å²) in [4.78, 5) is 24.1. The highest BCUT2D eigenvalue weighted by Gasteiger charge is 2.38. The van der Waals surface area contributed by atoms with Gasteiger partial charge >= 0.3 is 12.1 Å². The number of hydrogen-bond donors (Lipinski definition) is 4. The van der Waals surface area contributed by atoms with Crippen LogP contribution in [0.1, 0.15) is 16.9 Å². The van der Waals surface area contributed by atoms with Gasteiger partial charge < -0.3 is 20.7 Å². The molecule has 1 aliphatic heterocycles. The maximum absolute atomic E-state index is 12.1. The van der Waals surface area contributed by atoms with E-state index in [0.29, 0.717) is 10.7 Å². The molecule has 136 valence electrons. The number of nitrogens with one attached hydrogen (secondary N) is 3. The number of carboxylic acids is 1. The van der Waals surface area contributed by atoms with Crippen LogP contribution in [0.25, 0.3) is 10.9 Å².